The average Bonchev–Trinajstić information content (AvgIpc) is 3.56. The Morgan fingerprint density at radius 1 is 1.19 bits per heavy atom. The Kier molecular flexibility index (Phi) is 8.08. The van der Waals surface area contributed by atoms with Crippen LogP contribution in [0, 0.1) is 5.82 Å². The molecule has 6 rings (SSSR count). The maximum Gasteiger partial charge on any atom is 0.303 e. The first-order chi connectivity index (χ1) is 20.7. The second kappa shape index (κ2) is 12.1. The summed E-state index contributed by atoms with van der Waals surface area (Å²) >= 11 is 0. The van der Waals surface area contributed by atoms with E-state index in [1.54, 1.807) is 30.5 Å². The highest BCUT2D eigenvalue weighted by Crippen LogP contribution is 2.31. The van der Waals surface area contributed by atoms with Crippen LogP contribution in [0.2, 0.25) is 0 Å². The number of nitrogens with zero attached hydrogens (tertiary/aromatic N) is 5. The molecule has 2 fully saturated rings. The molecule has 2 aromatic carbocycles. The fourth-order valence-electron chi connectivity index (χ4n) is 5.95. The number of halogens is 1. The quantitative estimate of drug-likeness (QED) is 0.357. The standard InChI is InChI=1S/C30H33FN6O6/c31-24-13-25-18(14-33-30(34-25)36-7-9-42-10-8-36)11-20(24)15-35-6-5-22(17-35)43-21-1-2-23-19(12-21)16-37(29(23)41)26(28(32)40)3-4-27(38)39/h1-2,11-14,22,26H,3-10,15-17H2,(H2,32,40)(H,38,39)/t22-,26?/m0/s1. The molecule has 1 aromatic heterocycles. The highest BCUT2D eigenvalue weighted by atomic mass is 19.1. The van der Waals surface area contributed by atoms with Crippen LogP contribution in [0.25, 0.3) is 10.9 Å². The monoisotopic (exact) mass is 592 g/mol. The number of carbonyl (C=O) groups is 3. The number of carboxylic acids is 1. The van der Waals surface area contributed by atoms with Gasteiger partial charge in [0, 0.05) is 74.5 Å². The van der Waals surface area contributed by atoms with Crippen LogP contribution in [-0.4, -0.2) is 94.2 Å². The predicted octanol–water partition coefficient (Wildman–Crippen LogP) is 1.93. The molecule has 0 spiro atoms. The van der Waals surface area contributed by atoms with Crippen LogP contribution in [0.4, 0.5) is 10.3 Å². The Balaban J connectivity index is 1.07. The summed E-state index contributed by atoms with van der Waals surface area (Å²) in [4.78, 5) is 50.5. The number of primary amides is 1. The fourth-order valence-corrected chi connectivity index (χ4v) is 5.95. The van der Waals surface area contributed by atoms with Crippen molar-refractivity contribution in [1.82, 2.24) is 19.8 Å². The lowest BCUT2D eigenvalue weighted by Crippen LogP contribution is -2.45. The SMILES string of the molecule is NC(=O)C(CCC(=O)O)N1Cc2cc(O[C@H]3CCN(Cc4cc5cnc(N6CCOCC6)nc5cc4F)C3)ccc2C1=O. The number of morpholine rings is 1. The lowest BCUT2D eigenvalue weighted by Gasteiger charge is -2.26. The van der Waals surface area contributed by atoms with Crippen LogP contribution in [0.1, 0.15) is 40.7 Å². The van der Waals surface area contributed by atoms with Gasteiger partial charge in [0.25, 0.3) is 5.91 Å². The van der Waals surface area contributed by atoms with Gasteiger partial charge in [-0.2, -0.15) is 0 Å². The molecule has 0 aliphatic carbocycles. The van der Waals surface area contributed by atoms with Gasteiger partial charge >= 0.3 is 5.97 Å². The molecule has 0 bridgehead atoms. The number of anilines is 1. The van der Waals surface area contributed by atoms with Crippen molar-refractivity contribution in [3.63, 3.8) is 0 Å². The summed E-state index contributed by atoms with van der Waals surface area (Å²) in [6, 6.07) is 7.43. The van der Waals surface area contributed by atoms with Crippen molar-refractivity contribution >= 4 is 34.6 Å². The summed E-state index contributed by atoms with van der Waals surface area (Å²) in [6.07, 6.45) is 2.05. The molecule has 4 heterocycles. The minimum Gasteiger partial charge on any atom is -0.489 e. The molecule has 2 saturated heterocycles. The van der Waals surface area contributed by atoms with E-state index in [0.29, 0.717) is 73.3 Å². The van der Waals surface area contributed by atoms with Crippen LogP contribution in [0.3, 0.4) is 0 Å². The summed E-state index contributed by atoms with van der Waals surface area (Å²) in [7, 11) is 0. The third kappa shape index (κ3) is 6.22. The number of carbonyl (C=O) groups excluding carboxylic acids is 2. The first kappa shape index (κ1) is 28.7. The number of nitrogens with two attached hydrogens (primary N) is 1. The van der Waals surface area contributed by atoms with Gasteiger partial charge < -0.3 is 30.1 Å². The van der Waals surface area contributed by atoms with E-state index in [2.05, 4.69) is 14.9 Å². The number of hydrogen-bond acceptors (Lipinski definition) is 9. The smallest absolute Gasteiger partial charge is 0.303 e. The topological polar surface area (TPSA) is 151 Å². The number of fused-ring (bicyclic) bond motifs is 2. The third-order valence-corrected chi connectivity index (χ3v) is 8.20. The second-order valence-corrected chi connectivity index (χ2v) is 11.1. The number of aromatic nitrogens is 2. The van der Waals surface area contributed by atoms with Crippen LogP contribution >= 0.6 is 0 Å². The van der Waals surface area contributed by atoms with E-state index >= 15 is 4.39 Å². The van der Waals surface area contributed by atoms with Crippen molar-refractivity contribution in [2.45, 2.75) is 44.5 Å². The van der Waals surface area contributed by atoms with Crippen molar-refractivity contribution in [3.05, 3.63) is 59.0 Å². The number of ether oxygens (including phenoxy) is 2. The maximum atomic E-state index is 15.1. The second-order valence-electron chi connectivity index (χ2n) is 11.1. The number of rotatable bonds is 10. The van der Waals surface area contributed by atoms with E-state index in [1.165, 1.54) is 11.0 Å². The van der Waals surface area contributed by atoms with Crippen molar-refractivity contribution in [2.75, 3.05) is 44.3 Å². The summed E-state index contributed by atoms with van der Waals surface area (Å²) in [5.74, 6) is -1.30. The molecule has 3 aliphatic heterocycles. The molecule has 12 nitrogen and oxygen atoms in total. The third-order valence-electron chi connectivity index (χ3n) is 8.20. The number of aliphatic carboxylic acids is 1. The van der Waals surface area contributed by atoms with Gasteiger partial charge in [-0.25, -0.2) is 14.4 Å². The van der Waals surface area contributed by atoms with Gasteiger partial charge in [-0.15, -0.1) is 0 Å². The summed E-state index contributed by atoms with van der Waals surface area (Å²) < 4.78 is 26.8. The van der Waals surface area contributed by atoms with E-state index in [9.17, 15) is 14.4 Å². The van der Waals surface area contributed by atoms with Crippen LogP contribution in [0.15, 0.2) is 36.5 Å². The molecule has 1 unspecified atom stereocenters. The van der Waals surface area contributed by atoms with E-state index < -0.39 is 17.9 Å². The zero-order valence-electron chi connectivity index (χ0n) is 23.6. The fraction of sp³-hybridized carbons (Fsp3) is 0.433. The molecule has 13 heteroatoms. The summed E-state index contributed by atoms with van der Waals surface area (Å²) in [5, 5.41) is 9.78. The predicted molar refractivity (Wildman–Crippen MR) is 153 cm³/mol. The van der Waals surface area contributed by atoms with Crippen molar-refractivity contribution in [3.8, 4) is 5.75 Å². The van der Waals surface area contributed by atoms with Crippen LogP contribution in [0.5, 0.6) is 5.75 Å². The molecule has 0 radical (unpaired) electrons. The molecule has 2 atom stereocenters. The Morgan fingerprint density at radius 3 is 2.77 bits per heavy atom. The number of carboxylic acid groups (broad SMARTS) is 1. The van der Waals surface area contributed by atoms with E-state index in [4.69, 9.17) is 20.3 Å². The van der Waals surface area contributed by atoms with E-state index in [0.717, 1.165) is 18.4 Å². The number of benzene rings is 2. The maximum absolute atomic E-state index is 15.1. The molecule has 3 N–H and O–H groups in total. The molecule has 0 saturated carbocycles. The average molecular weight is 593 g/mol. The normalized spacial score (nSPS) is 19.6. The van der Waals surface area contributed by atoms with Gasteiger partial charge in [-0.3, -0.25) is 19.3 Å². The first-order valence-electron chi connectivity index (χ1n) is 14.4. The summed E-state index contributed by atoms with van der Waals surface area (Å²) in [5.41, 5.74) is 7.75. The van der Waals surface area contributed by atoms with Gasteiger partial charge in [0.05, 0.1) is 18.7 Å². The minimum atomic E-state index is -1.06. The van der Waals surface area contributed by atoms with Crippen molar-refractivity contribution in [1.29, 1.82) is 0 Å². The minimum absolute atomic E-state index is 0.0496. The zero-order chi connectivity index (χ0) is 30.1. The Labute approximate surface area is 247 Å². The van der Waals surface area contributed by atoms with Crippen molar-refractivity contribution < 1.29 is 33.4 Å². The number of hydrogen-bond donors (Lipinski definition) is 2. The Bertz CT molecular complexity index is 1560. The molecule has 3 aromatic rings. The lowest BCUT2D eigenvalue weighted by atomic mass is 10.1. The number of likely N-dealkylation sites (tertiary alicyclic amines) is 1. The molecular formula is C30H33FN6O6. The van der Waals surface area contributed by atoms with Gasteiger partial charge in [0.1, 0.15) is 23.7 Å². The summed E-state index contributed by atoms with van der Waals surface area (Å²) in [6.45, 7) is 4.55. The van der Waals surface area contributed by atoms with E-state index in [1.807, 2.05) is 4.90 Å². The van der Waals surface area contributed by atoms with Gasteiger partial charge in [-0.1, -0.05) is 0 Å². The molecule has 43 heavy (non-hydrogen) atoms. The molecular weight excluding hydrogens is 559 g/mol. The Morgan fingerprint density at radius 2 is 2.00 bits per heavy atom. The van der Waals surface area contributed by atoms with E-state index in [-0.39, 0.29) is 37.2 Å². The van der Waals surface area contributed by atoms with Crippen LogP contribution in [-0.2, 0) is 27.4 Å². The molecule has 2 amide bonds. The Hall–Kier alpha value is -4.36. The first-order valence-corrected chi connectivity index (χ1v) is 14.4. The largest absolute Gasteiger partial charge is 0.489 e. The highest BCUT2D eigenvalue weighted by molar-refractivity contribution is 6.01. The zero-order valence-corrected chi connectivity index (χ0v) is 23.6. The van der Waals surface area contributed by atoms with Crippen LogP contribution < -0.4 is 15.4 Å². The molecule has 226 valence electrons. The lowest BCUT2D eigenvalue weighted by molar-refractivity contribution is -0.137. The van der Waals surface area contributed by atoms with Gasteiger partial charge in [0.2, 0.25) is 11.9 Å². The molecule has 3 aliphatic rings. The van der Waals surface area contributed by atoms with Gasteiger partial charge in [-0.05, 0) is 42.7 Å². The number of amides is 2. The highest BCUT2D eigenvalue weighted by Gasteiger charge is 2.36. The van der Waals surface area contributed by atoms with Gasteiger partial charge in [0.15, 0.2) is 0 Å². The van der Waals surface area contributed by atoms with Crippen molar-refractivity contribution in [2.24, 2.45) is 5.73 Å².